The summed E-state index contributed by atoms with van der Waals surface area (Å²) in [6.07, 6.45) is 1.01. The van der Waals surface area contributed by atoms with E-state index in [0.717, 1.165) is 30.3 Å². The molecule has 0 fully saturated rings. The zero-order chi connectivity index (χ0) is 13.3. The van der Waals surface area contributed by atoms with Crippen LogP contribution in [0.5, 0.6) is 0 Å². The Bertz CT molecular complexity index is 571. The minimum absolute atomic E-state index is 0.703. The summed E-state index contributed by atoms with van der Waals surface area (Å²) in [4.78, 5) is 0. The topological polar surface area (TPSA) is 38.0 Å². The fourth-order valence-electron chi connectivity index (χ4n) is 1.77. The van der Waals surface area contributed by atoms with Gasteiger partial charge in [-0.15, -0.1) is 0 Å². The van der Waals surface area contributed by atoms with Crippen molar-refractivity contribution in [2.75, 3.05) is 0 Å². The number of aryl methyl sites for hydroxylation is 1. The molecular weight excluding hydrogens is 475 g/mol. The zero-order valence-electron chi connectivity index (χ0n) is 9.57. The van der Waals surface area contributed by atoms with E-state index in [0.29, 0.717) is 0 Å². The lowest BCUT2D eigenvalue weighted by molar-refractivity contribution is 0.206. The van der Waals surface area contributed by atoms with Crippen LogP contribution in [0.1, 0.15) is 24.3 Å². The molecular formula is C12H11Br2IN2O. The minimum Gasteiger partial charge on any atom is -0.382 e. The lowest BCUT2D eigenvalue weighted by atomic mass is 10.1. The van der Waals surface area contributed by atoms with E-state index in [1.54, 1.807) is 10.9 Å². The highest BCUT2D eigenvalue weighted by molar-refractivity contribution is 14.1. The van der Waals surface area contributed by atoms with E-state index in [-0.39, 0.29) is 0 Å². The predicted octanol–water partition coefficient (Wildman–Crippen LogP) is 4.11. The standard InChI is InChI=1S/C12H11Br2IN2O/c1-2-17-11(10(14)6-16-17)12(18)8-5-7(15)3-4-9(8)13/h3-6,12,18H,2H2,1H3. The van der Waals surface area contributed by atoms with Crippen molar-refractivity contribution >= 4 is 54.5 Å². The molecule has 0 aliphatic carbocycles. The van der Waals surface area contributed by atoms with E-state index in [1.165, 1.54) is 0 Å². The Labute approximate surface area is 136 Å². The van der Waals surface area contributed by atoms with Gasteiger partial charge in [0.1, 0.15) is 6.10 Å². The lowest BCUT2D eigenvalue weighted by Gasteiger charge is -2.15. The molecule has 18 heavy (non-hydrogen) atoms. The number of nitrogens with zero attached hydrogens (tertiary/aromatic N) is 2. The van der Waals surface area contributed by atoms with Gasteiger partial charge in [0.15, 0.2) is 0 Å². The van der Waals surface area contributed by atoms with Crippen molar-refractivity contribution < 1.29 is 5.11 Å². The SMILES string of the molecule is CCn1ncc(Br)c1C(O)c1cc(I)ccc1Br. The molecule has 1 N–H and O–H groups in total. The van der Waals surface area contributed by atoms with Gasteiger partial charge in [0.25, 0.3) is 0 Å². The Hall–Kier alpha value is 0.0800. The first kappa shape index (κ1) is 14.5. The fraction of sp³-hybridized carbons (Fsp3) is 0.250. The van der Waals surface area contributed by atoms with Crippen LogP contribution in [0.25, 0.3) is 0 Å². The van der Waals surface area contributed by atoms with Crippen molar-refractivity contribution in [3.05, 3.63) is 48.2 Å². The first-order valence-corrected chi connectivity index (χ1v) is 8.05. The van der Waals surface area contributed by atoms with Crippen molar-refractivity contribution in [3.8, 4) is 0 Å². The van der Waals surface area contributed by atoms with Crippen LogP contribution in [0.4, 0.5) is 0 Å². The molecule has 2 rings (SSSR count). The van der Waals surface area contributed by atoms with Gasteiger partial charge in [0.05, 0.1) is 16.4 Å². The van der Waals surface area contributed by atoms with Gasteiger partial charge in [-0.3, -0.25) is 4.68 Å². The van der Waals surface area contributed by atoms with Gasteiger partial charge in [-0.1, -0.05) is 15.9 Å². The molecule has 0 bridgehead atoms. The number of rotatable bonds is 3. The maximum Gasteiger partial charge on any atom is 0.123 e. The van der Waals surface area contributed by atoms with Crippen LogP contribution in [-0.2, 0) is 6.54 Å². The van der Waals surface area contributed by atoms with Crippen molar-refractivity contribution in [2.24, 2.45) is 0 Å². The summed E-state index contributed by atoms with van der Waals surface area (Å²) in [6, 6.07) is 5.91. The quantitative estimate of drug-likeness (QED) is 0.664. The summed E-state index contributed by atoms with van der Waals surface area (Å²) in [5.74, 6) is 0. The molecule has 1 unspecified atom stereocenters. The maximum atomic E-state index is 10.6. The van der Waals surface area contributed by atoms with Crippen LogP contribution in [0.3, 0.4) is 0 Å². The average molecular weight is 486 g/mol. The molecule has 0 spiro atoms. The summed E-state index contributed by atoms with van der Waals surface area (Å²) in [5, 5.41) is 14.8. The third kappa shape index (κ3) is 2.81. The third-order valence-corrected chi connectivity index (χ3v) is 4.65. The van der Waals surface area contributed by atoms with Gasteiger partial charge in [0.2, 0.25) is 0 Å². The molecule has 0 saturated heterocycles. The summed E-state index contributed by atoms with van der Waals surface area (Å²) in [5.41, 5.74) is 1.62. The number of aliphatic hydroxyl groups excluding tert-OH is 1. The maximum absolute atomic E-state index is 10.6. The molecule has 1 aromatic heterocycles. The van der Waals surface area contributed by atoms with Gasteiger partial charge in [-0.25, -0.2) is 0 Å². The molecule has 0 saturated carbocycles. The zero-order valence-corrected chi connectivity index (χ0v) is 14.9. The average Bonchev–Trinajstić information content (AvgIpc) is 2.72. The number of aromatic nitrogens is 2. The summed E-state index contributed by atoms with van der Waals surface area (Å²) < 4.78 is 4.60. The van der Waals surface area contributed by atoms with Crippen molar-refractivity contribution in [1.82, 2.24) is 9.78 Å². The highest BCUT2D eigenvalue weighted by atomic mass is 127. The Morgan fingerprint density at radius 3 is 2.78 bits per heavy atom. The Balaban J connectivity index is 2.50. The Morgan fingerprint density at radius 2 is 2.11 bits per heavy atom. The minimum atomic E-state index is -0.703. The second-order valence-corrected chi connectivity index (χ2v) is 6.72. The molecule has 1 aromatic carbocycles. The highest BCUT2D eigenvalue weighted by Crippen LogP contribution is 2.33. The van der Waals surface area contributed by atoms with Crippen LogP contribution in [-0.4, -0.2) is 14.9 Å². The third-order valence-electron chi connectivity index (χ3n) is 2.64. The van der Waals surface area contributed by atoms with Gasteiger partial charge in [-0.05, 0) is 63.6 Å². The molecule has 1 heterocycles. The summed E-state index contributed by atoms with van der Waals surface area (Å²) in [7, 11) is 0. The first-order valence-electron chi connectivity index (χ1n) is 5.38. The molecule has 0 aliphatic heterocycles. The van der Waals surface area contributed by atoms with Gasteiger partial charge in [0, 0.05) is 20.2 Å². The van der Waals surface area contributed by atoms with Gasteiger partial charge in [-0.2, -0.15) is 5.10 Å². The molecule has 96 valence electrons. The Morgan fingerprint density at radius 1 is 1.39 bits per heavy atom. The summed E-state index contributed by atoms with van der Waals surface area (Å²) in [6.45, 7) is 2.72. The highest BCUT2D eigenvalue weighted by Gasteiger charge is 2.21. The van der Waals surface area contributed by atoms with Gasteiger partial charge >= 0.3 is 0 Å². The molecule has 6 heteroatoms. The fourth-order valence-corrected chi connectivity index (χ4v) is 3.26. The van der Waals surface area contributed by atoms with E-state index in [4.69, 9.17) is 0 Å². The van der Waals surface area contributed by atoms with Crippen LogP contribution in [0.15, 0.2) is 33.3 Å². The second-order valence-electron chi connectivity index (χ2n) is 3.76. The van der Waals surface area contributed by atoms with E-state index in [2.05, 4.69) is 59.5 Å². The number of hydrogen-bond donors (Lipinski definition) is 1. The van der Waals surface area contributed by atoms with Crippen LogP contribution >= 0.6 is 54.5 Å². The first-order chi connectivity index (χ1) is 8.54. The van der Waals surface area contributed by atoms with E-state index in [1.807, 2.05) is 25.1 Å². The normalized spacial score (nSPS) is 12.7. The number of hydrogen-bond acceptors (Lipinski definition) is 2. The number of aliphatic hydroxyl groups is 1. The molecule has 0 aliphatic rings. The second kappa shape index (κ2) is 6.02. The lowest BCUT2D eigenvalue weighted by Crippen LogP contribution is -2.10. The van der Waals surface area contributed by atoms with E-state index < -0.39 is 6.10 Å². The molecule has 0 radical (unpaired) electrons. The van der Waals surface area contributed by atoms with Crippen LogP contribution < -0.4 is 0 Å². The monoisotopic (exact) mass is 484 g/mol. The van der Waals surface area contributed by atoms with Crippen molar-refractivity contribution in [3.63, 3.8) is 0 Å². The van der Waals surface area contributed by atoms with Crippen molar-refractivity contribution in [1.29, 1.82) is 0 Å². The van der Waals surface area contributed by atoms with E-state index in [9.17, 15) is 5.11 Å². The molecule has 0 amide bonds. The van der Waals surface area contributed by atoms with Crippen LogP contribution in [0.2, 0.25) is 0 Å². The van der Waals surface area contributed by atoms with E-state index >= 15 is 0 Å². The van der Waals surface area contributed by atoms with Crippen LogP contribution in [0, 0.1) is 3.57 Å². The summed E-state index contributed by atoms with van der Waals surface area (Å²) >= 11 is 9.15. The smallest absolute Gasteiger partial charge is 0.123 e. The number of halogens is 3. The van der Waals surface area contributed by atoms with Gasteiger partial charge < -0.3 is 5.11 Å². The Kier molecular flexibility index (Phi) is 4.85. The predicted molar refractivity (Wildman–Crippen MR) is 86.5 cm³/mol. The molecule has 2 aromatic rings. The molecule has 3 nitrogen and oxygen atoms in total. The molecule has 1 atom stereocenters. The largest absolute Gasteiger partial charge is 0.382 e. The number of benzene rings is 1. The van der Waals surface area contributed by atoms with Crippen molar-refractivity contribution in [2.45, 2.75) is 19.6 Å².